The number of thiazole rings is 1. The Balaban J connectivity index is 1.24. The Kier molecular flexibility index (Phi) is 5.95. The summed E-state index contributed by atoms with van der Waals surface area (Å²) < 4.78 is 13.5. The average Bonchev–Trinajstić information content (AvgIpc) is 3.48. The highest BCUT2D eigenvalue weighted by Gasteiger charge is 2.19. The number of fused-ring (bicyclic) bond motifs is 2. The second-order valence-electron chi connectivity index (χ2n) is 7.21. The Hall–Kier alpha value is -2.75. The molecule has 32 heavy (non-hydrogen) atoms. The van der Waals surface area contributed by atoms with Crippen LogP contribution in [0, 0.1) is 6.92 Å². The number of amides is 1. The van der Waals surface area contributed by atoms with Crippen LogP contribution in [-0.2, 0) is 4.79 Å². The molecule has 5 rings (SSSR count). The predicted molar refractivity (Wildman–Crippen MR) is 128 cm³/mol. The van der Waals surface area contributed by atoms with Crippen LogP contribution < -0.4 is 14.8 Å². The predicted octanol–water partition coefficient (Wildman–Crippen LogP) is 5.68. The summed E-state index contributed by atoms with van der Waals surface area (Å²) in [6, 6.07) is 13.3. The van der Waals surface area contributed by atoms with Crippen LogP contribution in [0.4, 0.5) is 5.82 Å². The summed E-state index contributed by atoms with van der Waals surface area (Å²) >= 11 is 9.10. The Morgan fingerprint density at radius 1 is 1.22 bits per heavy atom. The molecule has 2 aromatic heterocycles. The first-order chi connectivity index (χ1) is 15.5. The highest BCUT2D eigenvalue weighted by Crippen LogP contribution is 2.39. The van der Waals surface area contributed by atoms with E-state index in [9.17, 15) is 4.79 Å². The minimum atomic E-state index is -0.0512. The fourth-order valence-corrected chi connectivity index (χ4v) is 5.21. The summed E-state index contributed by atoms with van der Waals surface area (Å²) in [6.07, 6.45) is 1.19. The second kappa shape index (κ2) is 9.01. The maximum absolute atomic E-state index is 12.5. The monoisotopic (exact) mass is 486 g/mol. The normalized spacial score (nSPS) is 12.4. The lowest BCUT2D eigenvalue weighted by atomic mass is 10.3. The van der Waals surface area contributed by atoms with Gasteiger partial charge in [-0.05, 0) is 43.4 Å². The molecule has 0 aliphatic carbocycles. The molecule has 7 nitrogen and oxygen atoms in total. The van der Waals surface area contributed by atoms with Crippen molar-refractivity contribution in [3.05, 3.63) is 53.2 Å². The maximum atomic E-state index is 12.5. The molecule has 1 aliphatic heterocycles. The third-order valence-corrected chi connectivity index (χ3v) is 7.13. The number of carbonyl (C=O) groups is 1. The van der Waals surface area contributed by atoms with Gasteiger partial charge in [-0.3, -0.25) is 4.79 Å². The van der Waals surface area contributed by atoms with Crippen LogP contribution in [0.1, 0.15) is 18.5 Å². The van der Waals surface area contributed by atoms with Gasteiger partial charge in [-0.1, -0.05) is 22.9 Å². The number of rotatable bonds is 7. The number of ether oxygens (including phenoxy) is 2. The summed E-state index contributed by atoms with van der Waals surface area (Å²) in [5, 5.41) is 8.89. The van der Waals surface area contributed by atoms with Crippen molar-refractivity contribution in [3.8, 4) is 16.6 Å². The van der Waals surface area contributed by atoms with E-state index in [1.165, 1.54) is 11.3 Å². The molecule has 0 radical (unpaired) electrons. The van der Waals surface area contributed by atoms with Crippen LogP contribution in [0.2, 0.25) is 5.02 Å². The van der Waals surface area contributed by atoms with Gasteiger partial charge in [0.2, 0.25) is 17.8 Å². The third kappa shape index (κ3) is 4.55. The molecular formula is C22H19ClN4O3S2. The van der Waals surface area contributed by atoms with Crippen molar-refractivity contribution in [1.82, 2.24) is 14.8 Å². The van der Waals surface area contributed by atoms with Gasteiger partial charge in [0.15, 0.2) is 11.5 Å². The number of hydrogen-bond acceptors (Lipinski definition) is 7. The van der Waals surface area contributed by atoms with E-state index in [0.29, 0.717) is 28.9 Å². The minimum absolute atomic E-state index is 0.0512. The number of nitrogens with zero attached hydrogens (tertiary/aromatic N) is 3. The zero-order valence-electron chi connectivity index (χ0n) is 17.1. The molecule has 0 spiro atoms. The lowest BCUT2D eigenvalue weighted by Gasteiger charge is -2.06. The number of nitrogens with one attached hydrogen (secondary N) is 1. The van der Waals surface area contributed by atoms with Crippen molar-refractivity contribution in [2.24, 2.45) is 0 Å². The summed E-state index contributed by atoms with van der Waals surface area (Å²) in [7, 11) is 0. The first-order valence-corrected chi connectivity index (χ1v) is 12.2. The molecule has 1 aliphatic rings. The first kappa shape index (κ1) is 21.1. The molecule has 1 amide bonds. The number of benzene rings is 2. The number of thioether (sulfide) groups is 1. The lowest BCUT2D eigenvalue weighted by molar-refractivity contribution is -0.116. The largest absolute Gasteiger partial charge is 0.454 e. The summed E-state index contributed by atoms with van der Waals surface area (Å²) in [4.78, 5) is 18.4. The van der Waals surface area contributed by atoms with Crippen molar-refractivity contribution in [2.45, 2.75) is 24.7 Å². The minimum Gasteiger partial charge on any atom is -0.454 e. The van der Waals surface area contributed by atoms with Crippen molar-refractivity contribution < 1.29 is 14.3 Å². The number of anilines is 1. The quantitative estimate of drug-likeness (QED) is 0.267. The Morgan fingerprint density at radius 3 is 2.81 bits per heavy atom. The van der Waals surface area contributed by atoms with E-state index in [4.69, 9.17) is 21.1 Å². The van der Waals surface area contributed by atoms with Crippen molar-refractivity contribution >= 4 is 56.6 Å². The van der Waals surface area contributed by atoms with E-state index in [1.807, 2.05) is 49.4 Å². The van der Waals surface area contributed by atoms with Gasteiger partial charge in [-0.25, -0.2) is 4.98 Å². The van der Waals surface area contributed by atoms with E-state index in [2.05, 4.69) is 15.4 Å². The van der Waals surface area contributed by atoms with E-state index >= 15 is 0 Å². The van der Waals surface area contributed by atoms with Crippen molar-refractivity contribution in [2.75, 3.05) is 17.9 Å². The number of aromatic nitrogens is 3. The number of hydrogen-bond donors (Lipinski definition) is 1. The number of carbonyl (C=O) groups excluding carboxylic acids is 1. The summed E-state index contributed by atoms with van der Waals surface area (Å²) in [5.74, 6) is 2.81. The average molecular weight is 487 g/mol. The van der Waals surface area contributed by atoms with Crippen molar-refractivity contribution in [3.63, 3.8) is 0 Å². The van der Waals surface area contributed by atoms with Gasteiger partial charge in [0, 0.05) is 34.5 Å². The fourth-order valence-electron chi connectivity index (χ4n) is 3.29. The Labute approximate surface area is 197 Å². The summed E-state index contributed by atoms with van der Waals surface area (Å²) in [5.41, 5.74) is 1.60. The van der Waals surface area contributed by atoms with Gasteiger partial charge >= 0.3 is 0 Å². The fraction of sp³-hybridized carbons (Fsp3) is 0.227. The van der Waals surface area contributed by atoms with Crippen LogP contribution in [0.5, 0.6) is 11.5 Å². The molecule has 0 saturated heterocycles. The molecule has 0 bridgehead atoms. The zero-order valence-corrected chi connectivity index (χ0v) is 19.5. The highest BCUT2D eigenvalue weighted by molar-refractivity contribution is 7.99. The van der Waals surface area contributed by atoms with Gasteiger partial charge in [-0.15, -0.1) is 11.8 Å². The van der Waals surface area contributed by atoms with Gasteiger partial charge < -0.3 is 14.8 Å². The maximum Gasteiger partial charge on any atom is 0.231 e. The van der Waals surface area contributed by atoms with E-state index < -0.39 is 0 Å². The van der Waals surface area contributed by atoms with E-state index in [-0.39, 0.29) is 12.7 Å². The van der Waals surface area contributed by atoms with Crippen LogP contribution in [0.15, 0.2) is 47.4 Å². The molecule has 1 N–H and O–H groups in total. The first-order valence-electron chi connectivity index (χ1n) is 10.0. The molecule has 2 aromatic carbocycles. The lowest BCUT2D eigenvalue weighted by Crippen LogP contribution is -2.14. The van der Waals surface area contributed by atoms with Gasteiger partial charge in [0.05, 0.1) is 15.9 Å². The third-order valence-electron chi connectivity index (χ3n) is 4.78. The molecule has 4 aromatic rings. The van der Waals surface area contributed by atoms with Crippen LogP contribution in [0.3, 0.4) is 0 Å². The van der Waals surface area contributed by atoms with E-state index in [0.717, 1.165) is 38.0 Å². The molecular weight excluding hydrogens is 468 g/mol. The molecule has 164 valence electrons. The standard InChI is InChI=1S/C22H19ClN4O3S2/c1-13-9-20(25-21(28)3-2-8-31-15-6-4-14(23)5-7-15)27(26-13)22-24-16-10-17-18(30-12-29-17)11-19(16)32-22/h4-7,9-11H,2-3,8,12H2,1H3,(H,25,28). The van der Waals surface area contributed by atoms with Crippen LogP contribution >= 0.6 is 34.7 Å². The van der Waals surface area contributed by atoms with Crippen molar-refractivity contribution in [1.29, 1.82) is 0 Å². The van der Waals surface area contributed by atoms with Gasteiger partial charge in [-0.2, -0.15) is 9.78 Å². The second-order valence-corrected chi connectivity index (χ2v) is 9.82. The van der Waals surface area contributed by atoms with Crippen LogP contribution in [-0.4, -0.2) is 33.2 Å². The zero-order chi connectivity index (χ0) is 22.1. The number of halogens is 1. The molecule has 0 atom stereocenters. The van der Waals surface area contributed by atoms with Gasteiger partial charge in [0.25, 0.3) is 0 Å². The topological polar surface area (TPSA) is 78.3 Å². The molecule has 10 heteroatoms. The highest BCUT2D eigenvalue weighted by atomic mass is 35.5. The van der Waals surface area contributed by atoms with E-state index in [1.54, 1.807) is 16.4 Å². The van der Waals surface area contributed by atoms with Gasteiger partial charge in [0.1, 0.15) is 5.82 Å². The Bertz CT molecular complexity index is 1250. The molecule has 0 fully saturated rings. The number of aryl methyl sites for hydroxylation is 1. The SMILES string of the molecule is Cc1cc(NC(=O)CCCSc2ccc(Cl)cc2)n(-c2nc3cc4c(cc3s2)OCO4)n1. The Morgan fingerprint density at radius 2 is 2.00 bits per heavy atom. The molecule has 3 heterocycles. The summed E-state index contributed by atoms with van der Waals surface area (Å²) in [6.45, 7) is 2.12. The smallest absolute Gasteiger partial charge is 0.231 e. The van der Waals surface area contributed by atoms with Crippen LogP contribution in [0.25, 0.3) is 15.3 Å². The molecule has 0 unspecified atom stereocenters. The molecule has 0 saturated carbocycles.